The predicted octanol–water partition coefficient (Wildman–Crippen LogP) is 1.81. The third-order valence-electron chi connectivity index (χ3n) is 2.57. The fourth-order valence-corrected chi connectivity index (χ4v) is 1.69. The number of ether oxygens (including phenoxy) is 1. The van der Waals surface area contributed by atoms with E-state index in [2.05, 4.69) is 20.7 Å². The molecule has 1 aromatic heterocycles. The van der Waals surface area contributed by atoms with E-state index in [1.165, 1.54) is 6.33 Å². The van der Waals surface area contributed by atoms with Gasteiger partial charge in [-0.1, -0.05) is 0 Å². The molecule has 0 saturated heterocycles. The molecule has 0 aliphatic carbocycles. The molecule has 0 atom stereocenters. The third kappa shape index (κ3) is 3.34. The standard InChI is InChI=1S/C12H14N6O3/c1-2-21-9-5-3-8(4-6-9)16-11-10(18(19)20)12(17-13)15-7-14-11/h3-7H,2,13H2,1H3,(H2,14,15,16,17). The Kier molecular flexibility index (Phi) is 4.46. The number of nitrogens with zero attached hydrogens (tertiary/aromatic N) is 3. The van der Waals surface area contributed by atoms with Gasteiger partial charge in [0, 0.05) is 5.69 Å². The summed E-state index contributed by atoms with van der Waals surface area (Å²) in [6.07, 6.45) is 1.18. The van der Waals surface area contributed by atoms with E-state index in [4.69, 9.17) is 10.6 Å². The van der Waals surface area contributed by atoms with Crippen molar-refractivity contribution in [2.75, 3.05) is 17.3 Å². The number of nitro groups is 1. The molecule has 2 rings (SSSR count). The Morgan fingerprint density at radius 2 is 1.95 bits per heavy atom. The van der Waals surface area contributed by atoms with E-state index in [0.717, 1.165) is 0 Å². The van der Waals surface area contributed by atoms with Crippen LogP contribution < -0.4 is 21.3 Å². The molecule has 1 aromatic carbocycles. The maximum atomic E-state index is 11.1. The van der Waals surface area contributed by atoms with Gasteiger partial charge in [-0.3, -0.25) is 10.1 Å². The van der Waals surface area contributed by atoms with E-state index in [1.807, 2.05) is 6.92 Å². The molecule has 21 heavy (non-hydrogen) atoms. The van der Waals surface area contributed by atoms with E-state index in [1.54, 1.807) is 24.3 Å². The number of nitrogen functional groups attached to an aromatic ring is 1. The van der Waals surface area contributed by atoms with Gasteiger partial charge in [0.1, 0.15) is 12.1 Å². The summed E-state index contributed by atoms with van der Waals surface area (Å²) >= 11 is 0. The number of anilines is 3. The van der Waals surface area contributed by atoms with Crippen LogP contribution in [0.4, 0.5) is 23.0 Å². The van der Waals surface area contributed by atoms with Crippen LogP contribution in [0.15, 0.2) is 30.6 Å². The zero-order valence-corrected chi connectivity index (χ0v) is 11.2. The monoisotopic (exact) mass is 290 g/mol. The van der Waals surface area contributed by atoms with Gasteiger partial charge >= 0.3 is 5.69 Å². The van der Waals surface area contributed by atoms with Crippen molar-refractivity contribution in [1.29, 1.82) is 0 Å². The second-order valence-electron chi connectivity index (χ2n) is 3.90. The molecule has 0 aliphatic rings. The summed E-state index contributed by atoms with van der Waals surface area (Å²) in [7, 11) is 0. The highest BCUT2D eigenvalue weighted by molar-refractivity contribution is 5.73. The van der Waals surface area contributed by atoms with Crippen LogP contribution in [0.3, 0.4) is 0 Å². The molecular formula is C12H14N6O3. The summed E-state index contributed by atoms with van der Waals surface area (Å²) in [4.78, 5) is 18.1. The first kappa shape index (κ1) is 14.5. The summed E-state index contributed by atoms with van der Waals surface area (Å²) in [6, 6.07) is 6.96. The fraction of sp³-hybridized carbons (Fsp3) is 0.167. The van der Waals surface area contributed by atoms with Crippen LogP contribution in [-0.4, -0.2) is 21.5 Å². The minimum absolute atomic E-state index is 0.0482. The van der Waals surface area contributed by atoms with Crippen molar-refractivity contribution in [3.63, 3.8) is 0 Å². The molecule has 0 fully saturated rings. The van der Waals surface area contributed by atoms with Gasteiger partial charge in [-0.25, -0.2) is 15.8 Å². The van der Waals surface area contributed by atoms with Crippen LogP contribution in [-0.2, 0) is 0 Å². The molecule has 9 nitrogen and oxygen atoms in total. The number of nitrogens with two attached hydrogens (primary N) is 1. The first-order valence-corrected chi connectivity index (χ1v) is 6.11. The van der Waals surface area contributed by atoms with Crippen LogP contribution in [0, 0.1) is 10.1 Å². The van der Waals surface area contributed by atoms with Crippen molar-refractivity contribution < 1.29 is 9.66 Å². The summed E-state index contributed by atoms with van der Waals surface area (Å²) < 4.78 is 5.32. The van der Waals surface area contributed by atoms with E-state index < -0.39 is 4.92 Å². The SMILES string of the molecule is CCOc1ccc(Nc2ncnc(NN)c2[N+](=O)[O-])cc1. The van der Waals surface area contributed by atoms with Crippen LogP contribution in [0.2, 0.25) is 0 Å². The lowest BCUT2D eigenvalue weighted by Crippen LogP contribution is -2.12. The second kappa shape index (κ2) is 6.48. The second-order valence-corrected chi connectivity index (χ2v) is 3.90. The van der Waals surface area contributed by atoms with E-state index in [0.29, 0.717) is 18.0 Å². The van der Waals surface area contributed by atoms with Crippen molar-refractivity contribution in [1.82, 2.24) is 9.97 Å². The smallest absolute Gasteiger partial charge is 0.354 e. The Bertz CT molecular complexity index is 631. The molecule has 0 amide bonds. The van der Waals surface area contributed by atoms with Crippen molar-refractivity contribution in [3.05, 3.63) is 40.7 Å². The van der Waals surface area contributed by atoms with Crippen molar-refractivity contribution in [2.45, 2.75) is 6.92 Å². The lowest BCUT2D eigenvalue weighted by molar-refractivity contribution is -0.383. The van der Waals surface area contributed by atoms with Gasteiger partial charge < -0.3 is 15.5 Å². The van der Waals surface area contributed by atoms with Gasteiger partial charge in [-0.2, -0.15) is 0 Å². The maximum absolute atomic E-state index is 11.1. The van der Waals surface area contributed by atoms with Gasteiger partial charge in [-0.15, -0.1) is 0 Å². The quantitative estimate of drug-likeness (QED) is 0.417. The molecule has 0 saturated carbocycles. The number of rotatable bonds is 6. The zero-order chi connectivity index (χ0) is 15.2. The Morgan fingerprint density at radius 1 is 1.29 bits per heavy atom. The summed E-state index contributed by atoms with van der Waals surface area (Å²) in [6.45, 7) is 2.45. The molecule has 4 N–H and O–H groups in total. The zero-order valence-electron chi connectivity index (χ0n) is 11.2. The Labute approximate surface area is 120 Å². The van der Waals surface area contributed by atoms with Gasteiger partial charge in [0.05, 0.1) is 11.5 Å². The molecule has 0 unspecified atom stereocenters. The van der Waals surface area contributed by atoms with E-state index in [9.17, 15) is 10.1 Å². The largest absolute Gasteiger partial charge is 0.494 e. The highest BCUT2D eigenvalue weighted by atomic mass is 16.6. The van der Waals surface area contributed by atoms with Gasteiger partial charge in [-0.05, 0) is 31.2 Å². The first-order valence-electron chi connectivity index (χ1n) is 6.11. The number of nitrogens with one attached hydrogen (secondary N) is 2. The molecule has 1 heterocycles. The predicted molar refractivity (Wildman–Crippen MR) is 77.4 cm³/mol. The maximum Gasteiger partial charge on any atom is 0.354 e. The van der Waals surface area contributed by atoms with Crippen molar-refractivity contribution in [2.24, 2.45) is 5.84 Å². The summed E-state index contributed by atoms with van der Waals surface area (Å²) in [5, 5.41) is 14.0. The molecule has 0 spiro atoms. The first-order chi connectivity index (χ1) is 10.2. The normalized spacial score (nSPS) is 10.0. The van der Waals surface area contributed by atoms with E-state index >= 15 is 0 Å². The fourth-order valence-electron chi connectivity index (χ4n) is 1.69. The van der Waals surface area contributed by atoms with Gasteiger partial charge in [0.25, 0.3) is 0 Å². The number of aromatic nitrogens is 2. The van der Waals surface area contributed by atoms with Crippen LogP contribution in [0.1, 0.15) is 6.92 Å². The Balaban J connectivity index is 2.28. The molecule has 0 aliphatic heterocycles. The molecule has 2 aromatic rings. The number of hydrogen-bond acceptors (Lipinski definition) is 8. The lowest BCUT2D eigenvalue weighted by Gasteiger charge is -2.09. The highest BCUT2D eigenvalue weighted by Crippen LogP contribution is 2.30. The number of hydrogen-bond donors (Lipinski definition) is 3. The lowest BCUT2D eigenvalue weighted by atomic mass is 10.3. The summed E-state index contributed by atoms with van der Waals surface area (Å²) in [5.74, 6) is 5.91. The summed E-state index contributed by atoms with van der Waals surface area (Å²) in [5.41, 5.74) is 2.48. The average molecular weight is 290 g/mol. The van der Waals surface area contributed by atoms with Crippen LogP contribution in [0.25, 0.3) is 0 Å². The Morgan fingerprint density at radius 3 is 2.52 bits per heavy atom. The van der Waals surface area contributed by atoms with Crippen molar-refractivity contribution >= 4 is 23.0 Å². The Hall–Kier alpha value is -2.94. The highest BCUT2D eigenvalue weighted by Gasteiger charge is 2.22. The molecule has 9 heteroatoms. The van der Waals surface area contributed by atoms with Crippen molar-refractivity contribution in [3.8, 4) is 5.75 Å². The topological polar surface area (TPSA) is 128 Å². The third-order valence-corrected chi connectivity index (χ3v) is 2.57. The van der Waals surface area contributed by atoms with Crippen LogP contribution in [0.5, 0.6) is 5.75 Å². The minimum Gasteiger partial charge on any atom is -0.494 e. The van der Waals surface area contributed by atoms with Gasteiger partial charge in [0.2, 0.25) is 11.6 Å². The number of hydrazine groups is 1. The molecule has 0 bridgehead atoms. The van der Waals surface area contributed by atoms with Gasteiger partial charge in [0.15, 0.2) is 0 Å². The average Bonchev–Trinajstić information content (AvgIpc) is 2.49. The molecule has 110 valence electrons. The van der Waals surface area contributed by atoms with E-state index in [-0.39, 0.29) is 17.3 Å². The van der Waals surface area contributed by atoms with Crippen LogP contribution >= 0.6 is 0 Å². The minimum atomic E-state index is -0.605. The number of benzene rings is 1. The molecular weight excluding hydrogens is 276 g/mol. The molecule has 0 radical (unpaired) electrons.